The first-order valence-electron chi connectivity index (χ1n) is 7.78. The summed E-state index contributed by atoms with van der Waals surface area (Å²) in [6, 6.07) is 14.6. The third-order valence-electron chi connectivity index (χ3n) is 3.70. The number of rotatable bonds is 6. The van der Waals surface area contributed by atoms with Crippen molar-refractivity contribution in [1.29, 1.82) is 0 Å². The number of anilines is 1. The fourth-order valence-corrected chi connectivity index (χ4v) is 2.32. The molecule has 0 heterocycles. The van der Waals surface area contributed by atoms with E-state index in [0.29, 0.717) is 24.4 Å². The first-order chi connectivity index (χ1) is 11.5. The van der Waals surface area contributed by atoms with Gasteiger partial charge >= 0.3 is 0 Å². The molecule has 0 radical (unpaired) electrons. The predicted molar refractivity (Wildman–Crippen MR) is 94.5 cm³/mol. The molecule has 24 heavy (non-hydrogen) atoms. The monoisotopic (exact) mass is 326 g/mol. The van der Waals surface area contributed by atoms with E-state index in [1.165, 1.54) is 6.92 Å². The Balaban J connectivity index is 1.93. The summed E-state index contributed by atoms with van der Waals surface area (Å²) in [5.41, 5.74) is 2.52. The number of carbonyl (C=O) groups is 2. The third-order valence-corrected chi connectivity index (χ3v) is 3.70. The van der Waals surface area contributed by atoms with Crippen LogP contribution in [0.15, 0.2) is 48.5 Å². The van der Waals surface area contributed by atoms with E-state index in [-0.39, 0.29) is 11.8 Å². The third kappa shape index (κ3) is 4.59. The first-order valence-corrected chi connectivity index (χ1v) is 7.78. The van der Waals surface area contributed by atoms with Crippen molar-refractivity contribution < 1.29 is 14.3 Å². The van der Waals surface area contributed by atoms with Crippen molar-refractivity contribution in [3.8, 4) is 5.75 Å². The van der Waals surface area contributed by atoms with Gasteiger partial charge in [-0.1, -0.05) is 17.7 Å². The lowest BCUT2D eigenvalue weighted by Gasteiger charge is -2.21. The maximum atomic E-state index is 12.1. The van der Waals surface area contributed by atoms with Crippen LogP contribution in [0.25, 0.3) is 0 Å². The number of methoxy groups -OCH3 is 1. The fourth-order valence-electron chi connectivity index (χ4n) is 2.32. The van der Waals surface area contributed by atoms with Gasteiger partial charge in [-0.3, -0.25) is 9.59 Å². The van der Waals surface area contributed by atoms with Gasteiger partial charge in [-0.2, -0.15) is 0 Å². The molecule has 0 spiro atoms. The highest BCUT2D eigenvalue weighted by Crippen LogP contribution is 2.15. The van der Waals surface area contributed by atoms with E-state index < -0.39 is 0 Å². The van der Waals surface area contributed by atoms with Gasteiger partial charge in [0, 0.05) is 31.3 Å². The summed E-state index contributed by atoms with van der Waals surface area (Å²) in [6.07, 6.45) is 0. The molecule has 2 amide bonds. The summed E-state index contributed by atoms with van der Waals surface area (Å²) in [4.78, 5) is 25.6. The minimum absolute atomic E-state index is 0.0578. The van der Waals surface area contributed by atoms with Crippen LogP contribution in [0.1, 0.15) is 22.8 Å². The summed E-state index contributed by atoms with van der Waals surface area (Å²) in [5, 5.41) is 2.83. The smallest absolute Gasteiger partial charge is 0.251 e. The van der Waals surface area contributed by atoms with Crippen LogP contribution in [0.5, 0.6) is 5.75 Å². The second-order valence-corrected chi connectivity index (χ2v) is 5.49. The predicted octanol–water partition coefficient (Wildman–Crippen LogP) is 2.79. The fraction of sp³-hybridized carbons (Fsp3) is 0.263. The zero-order chi connectivity index (χ0) is 17.5. The normalized spacial score (nSPS) is 10.1. The maximum absolute atomic E-state index is 12.1. The van der Waals surface area contributed by atoms with Crippen LogP contribution in [0.2, 0.25) is 0 Å². The van der Waals surface area contributed by atoms with Crippen molar-refractivity contribution >= 4 is 17.5 Å². The number of amides is 2. The summed E-state index contributed by atoms with van der Waals surface area (Å²) < 4.78 is 5.07. The number of benzene rings is 2. The maximum Gasteiger partial charge on any atom is 0.251 e. The topological polar surface area (TPSA) is 58.6 Å². The largest absolute Gasteiger partial charge is 0.497 e. The van der Waals surface area contributed by atoms with Gasteiger partial charge in [0.2, 0.25) is 5.91 Å². The Morgan fingerprint density at radius 2 is 1.67 bits per heavy atom. The molecule has 0 aromatic heterocycles. The highest BCUT2D eigenvalue weighted by molar-refractivity contribution is 5.94. The lowest BCUT2D eigenvalue weighted by Crippen LogP contribution is -2.37. The van der Waals surface area contributed by atoms with Crippen LogP contribution < -0.4 is 15.0 Å². The highest BCUT2D eigenvalue weighted by Gasteiger charge is 2.12. The van der Waals surface area contributed by atoms with E-state index in [2.05, 4.69) is 5.32 Å². The average Bonchev–Trinajstić information content (AvgIpc) is 2.59. The van der Waals surface area contributed by atoms with Crippen molar-refractivity contribution in [2.45, 2.75) is 13.8 Å². The molecule has 2 rings (SSSR count). The lowest BCUT2D eigenvalue weighted by atomic mass is 10.2. The Kier molecular flexibility index (Phi) is 5.95. The van der Waals surface area contributed by atoms with Gasteiger partial charge in [0.1, 0.15) is 5.75 Å². The SMILES string of the molecule is COc1ccc(C(=O)NCCN(C(C)=O)c2ccc(C)cc2)cc1. The zero-order valence-corrected chi connectivity index (χ0v) is 14.2. The van der Waals surface area contributed by atoms with Crippen LogP contribution in [-0.2, 0) is 4.79 Å². The number of hydrogen-bond donors (Lipinski definition) is 1. The Morgan fingerprint density at radius 3 is 2.21 bits per heavy atom. The number of carbonyl (C=O) groups excluding carboxylic acids is 2. The van der Waals surface area contributed by atoms with Crippen molar-refractivity contribution in [3.05, 3.63) is 59.7 Å². The standard InChI is InChI=1S/C19H22N2O3/c1-14-4-8-17(9-5-14)21(15(2)22)13-12-20-19(23)16-6-10-18(24-3)11-7-16/h4-11H,12-13H2,1-3H3,(H,20,23). The van der Waals surface area contributed by atoms with Gasteiger partial charge in [-0.15, -0.1) is 0 Å². The molecule has 0 aliphatic carbocycles. The molecule has 0 unspecified atom stereocenters. The molecule has 5 nitrogen and oxygen atoms in total. The second-order valence-electron chi connectivity index (χ2n) is 5.49. The van der Waals surface area contributed by atoms with Crippen LogP contribution in [0, 0.1) is 6.92 Å². The van der Waals surface area contributed by atoms with E-state index in [1.54, 1.807) is 36.3 Å². The van der Waals surface area contributed by atoms with Gasteiger partial charge in [0.05, 0.1) is 7.11 Å². The van der Waals surface area contributed by atoms with E-state index in [0.717, 1.165) is 11.3 Å². The number of ether oxygens (including phenoxy) is 1. The van der Waals surface area contributed by atoms with E-state index in [1.807, 2.05) is 31.2 Å². The lowest BCUT2D eigenvalue weighted by molar-refractivity contribution is -0.116. The van der Waals surface area contributed by atoms with Crippen molar-refractivity contribution in [3.63, 3.8) is 0 Å². The molecular formula is C19H22N2O3. The quantitative estimate of drug-likeness (QED) is 0.888. The molecule has 2 aromatic carbocycles. The van der Waals surface area contributed by atoms with E-state index in [4.69, 9.17) is 4.74 Å². The summed E-state index contributed by atoms with van der Waals surface area (Å²) in [7, 11) is 1.58. The zero-order valence-electron chi connectivity index (χ0n) is 14.2. The first kappa shape index (κ1) is 17.5. The molecule has 0 bridgehead atoms. The van der Waals surface area contributed by atoms with Gasteiger partial charge in [0.15, 0.2) is 0 Å². The molecular weight excluding hydrogens is 304 g/mol. The minimum atomic E-state index is -0.176. The van der Waals surface area contributed by atoms with Crippen molar-refractivity contribution in [2.75, 3.05) is 25.1 Å². The molecule has 0 saturated heterocycles. The highest BCUT2D eigenvalue weighted by atomic mass is 16.5. The van der Waals surface area contributed by atoms with Crippen molar-refractivity contribution in [2.24, 2.45) is 0 Å². The van der Waals surface area contributed by atoms with Gasteiger partial charge in [0.25, 0.3) is 5.91 Å². The Labute approximate surface area is 142 Å². The van der Waals surface area contributed by atoms with E-state index in [9.17, 15) is 9.59 Å². The summed E-state index contributed by atoms with van der Waals surface area (Å²) >= 11 is 0. The number of aryl methyl sites for hydroxylation is 1. The Morgan fingerprint density at radius 1 is 1.04 bits per heavy atom. The number of hydrogen-bond acceptors (Lipinski definition) is 3. The molecule has 0 atom stereocenters. The summed E-state index contributed by atoms with van der Waals surface area (Å²) in [6.45, 7) is 4.31. The molecule has 5 heteroatoms. The van der Waals surface area contributed by atoms with Crippen LogP contribution in [0.4, 0.5) is 5.69 Å². The molecule has 0 aliphatic heterocycles. The average molecular weight is 326 g/mol. The molecule has 0 aliphatic rings. The van der Waals surface area contributed by atoms with Gasteiger partial charge in [-0.25, -0.2) is 0 Å². The van der Waals surface area contributed by atoms with Crippen LogP contribution >= 0.6 is 0 Å². The summed E-state index contributed by atoms with van der Waals surface area (Å²) in [5.74, 6) is 0.469. The second kappa shape index (κ2) is 8.15. The van der Waals surface area contributed by atoms with E-state index >= 15 is 0 Å². The van der Waals surface area contributed by atoms with Crippen LogP contribution in [0.3, 0.4) is 0 Å². The molecule has 2 aromatic rings. The molecule has 0 fully saturated rings. The van der Waals surface area contributed by atoms with Crippen molar-refractivity contribution in [1.82, 2.24) is 5.32 Å². The molecule has 126 valence electrons. The molecule has 0 saturated carbocycles. The molecule has 1 N–H and O–H groups in total. The van der Waals surface area contributed by atoms with Gasteiger partial charge < -0.3 is 15.0 Å². The number of nitrogens with zero attached hydrogens (tertiary/aromatic N) is 1. The minimum Gasteiger partial charge on any atom is -0.497 e. The van der Waals surface area contributed by atoms with Crippen LogP contribution in [-0.4, -0.2) is 32.0 Å². The van der Waals surface area contributed by atoms with Gasteiger partial charge in [-0.05, 0) is 43.3 Å². The Bertz CT molecular complexity index is 694. The Hall–Kier alpha value is -2.82. The number of nitrogens with one attached hydrogen (secondary N) is 1.